The van der Waals surface area contributed by atoms with Crippen molar-refractivity contribution >= 4 is 22.8 Å². The second-order valence-electron chi connectivity index (χ2n) is 6.22. The molecule has 25 heavy (non-hydrogen) atoms. The summed E-state index contributed by atoms with van der Waals surface area (Å²) in [5.41, 5.74) is 1.14. The van der Waals surface area contributed by atoms with Crippen LogP contribution in [0.2, 0.25) is 0 Å². The van der Waals surface area contributed by atoms with Crippen molar-refractivity contribution in [3.63, 3.8) is 0 Å². The summed E-state index contributed by atoms with van der Waals surface area (Å²) in [4.78, 5) is 28.4. The van der Waals surface area contributed by atoms with E-state index in [1.54, 1.807) is 13.0 Å². The number of hydrogen-bond donors (Lipinski definition) is 2. The molecule has 132 valence electrons. The standard InChI is InChI=1S/C18H19FN2O4/c1-10-14(7-11-4-5-13(19)8-15(11)20-10)17(22)21-16(18(23)24)12-3-2-6-25-9-12/h4-5,7-8,12,16H,2-3,6,9H2,1H3,(H,21,22)(H,23,24). The zero-order valence-corrected chi connectivity index (χ0v) is 13.8. The molecule has 0 saturated carbocycles. The number of carboxylic acids is 1. The molecule has 2 heterocycles. The summed E-state index contributed by atoms with van der Waals surface area (Å²) in [6.07, 6.45) is 1.46. The van der Waals surface area contributed by atoms with Crippen LogP contribution in [-0.2, 0) is 9.53 Å². The monoisotopic (exact) mass is 346 g/mol. The van der Waals surface area contributed by atoms with E-state index in [1.165, 1.54) is 18.2 Å². The lowest BCUT2D eigenvalue weighted by Gasteiger charge is -2.28. The van der Waals surface area contributed by atoms with E-state index in [9.17, 15) is 19.1 Å². The van der Waals surface area contributed by atoms with Crippen molar-refractivity contribution in [1.29, 1.82) is 0 Å². The van der Waals surface area contributed by atoms with Crippen LogP contribution in [0.25, 0.3) is 10.9 Å². The third kappa shape index (κ3) is 3.76. The highest BCUT2D eigenvalue weighted by atomic mass is 19.1. The van der Waals surface area contributed by atoms with E-state index in [4.69, 9.17) is 4.74 Å². The summed E-state index contributed by atoms with van der Waals surface area (Å²) in [6, 6.07) is 4.71. The first kappa shape index (κ1) is 17.3. The highest BCUT2D eigenvalue weighted by molar-refractivity contribution is 6.00. The number of nitrogens with one attached hydrogen (secondary N) is 1. The summed E-state index contributed by atoms with van der Waals surface area (Å²) in [7, 11) is 0. The number of carbonyl (C=O) groups is 2. The maximum absolute atomic E-state index is 13.3. The van der Waals surface area contributed by atoms with Crippen LogP contribution < -0.4 is 5.32 Å². The van der Waals surface area contributed by atoms with E-state index in [0.29, 0.717) is 36.2 Å². The highest BCUT2D eigenvalue weighted by Crippen LogP contribution is 2.20. The van der Waals surface area contributed by atoms with Gasteiger partial charge in [0, 0.05) is 24.0 Å². The molecule has 6 nitrogen and oxygen atoms in total. The number of fused-ring (bicyclic) bond motifs is 1. The van der Waals surface area contributed by atoms with Crippen molar-refractivity contribution in [2.75, 3.05) is 13.2 Å². The molecule has 1 amide bonds. The molecule has 1 fully saturated rings. The third-order valence-electron chi connectivity index (χ3n) is 4.43. The lowest BCUT2D eigenvalue weighted by molar-refractivity contribution is -0.142. The number of benzene rings is 1. The maximum Gasteiger partial charge on any atom is 0.326 e. The number of amides is 1. The Bertz CT molecular complexity index is 818. The largest absolute Gasteiger partial charge is 0.480 e. The Balaban J connectivity index is 1.86. The first-order chi connectivity index (χ1) is 12.0. The van der Waals surface area contributed by atoms with Crippen LogP contribution in [0.3, 0.4) is 0 Å². The molecule has 2 unspecified atom stereocenters. The summed E-state index contributed by atoms with van der Waals surface area (Å²) in [6.45, 7) is 2.56. The van der Waals surface area contributed by atoms with Gasteiger partial charge < -0.3 is 15.2 Å². The Hall–Kier alpha value is -2.54. The van der Waals surface area contributed by atoms with Gasteiger partial charge in [-0.3, -0.25) is 9.78 Å². The molecule has 0 spiro atoms. The molecule has 2 aromatic rings. The molecular formula is C18H19FN2O4. The Morgan fingerprint density at radius 2 is 2.20 bits per heavy atom. The maximum atomic E-state index is 13.3. The molecule has 3 rings (SSSR count). The number of carbonyl (C=O) groups excluding carboxylic acids is 1. The van der Waals surface area contributed by atoms with Crippen LogP contribution in [0.15, 0.2) is 24.3 Å². The Morgan fingerprint density at radius 1 is 1.40 bits per heavy atom. The minimum Gasteiger partial charge on any atom is -0.480 e. The van der Waals surface area contributed by atoms with Gasteiger partial charge in [0.1, 0.15) is 11.9 Å². The molecule has 1 aliphatic heterocycles. The molecule has 0 aliphatic carbocycles. The van der Waals surface area contributed by atoms with Gasteiger partial charge in [-0.05, 0) is 38.0 Å². The van der Waals surface area contributed by atoms with Crippen molar-refractivity contribution in [3.8, 4) is 0 Å². The van der Waals surface area contributed by atoms with E-state index in [2.05, 4.69) is 10.3 Å². The van der Waals surface area contributed by atoms with E-state index in [0.717, 1.165) is 6.42 Å². The topological polar surface area (TPSA) is 88.5 Å². The zero-order chi connectivity index (χ0) is 18.0. The first-order valence-electron chi connectivity index (χ1n) is 8.14. The van der Waals surface area contributed by atoms with Crippen molar-refractivity contribution in [3.05, 3.63) is 41.3 Å². The minimum atomic E-state index is -1.09. The number of nitrogens with zero attached hydrogens (tertiary/aromatic N) is 1. The van der Waals surface area contributed by atoms with Gasteiger partial charge in [-0.15, -0.1) is 0 Å². The predicted molar refractivity (Wildman–Crippen MR) is 88.9 cm³/mol. The van der Waals surface area contributed by atoms with Crippen LogP contribution in [-0.4, -0.2) is 41.2 Å². The lowest BCUT2D eigenvalue weighted by Crippen LogP contribution is -2.48. The van der Waals surface area contributed by atoms with Crippen molar-refractivity contribution in [1.82, 2.24) is 10.3 Å². The molecule has 0 radical (unpaired) electrons. The van der Waals surface area contributed by atoms with Gasteiger partial charge >= 0.3 is 5.97 Å². The average molecular weight is 346 g/mol. The van der Waals surface area contributed by atoms with Crippen LogP contribution in [0, 0.1) is 18.7 Å². The summed E-state index contributed by atoms with van der Waals surface area (Å²) < 4.78 is 18.6. The van der Waals surface area contributed by atoms with E-state index < -0.39 is 23.7 Å². The molecule has 2 atom stereocenters. The number of rotatable bonds is 4. The first-order valence-corrected chi connectivity index (χ1v) is 8.14. The number of ether oxygens (including phenoxy) is 1. The number of carboxylic acid groups (broad SMARTS) is 1. The second kappa shape index (κ2) is 7.14. The molecular weight excluding hydrogens is 327 g/mol. The predicted octanol–water partition coefficient (Wildman–Crippen LogP) is 2.29. The van der Waals surface area contributed by atoms with E-state index in [1.807, 2.05) is 0 Å². The summed E-state index contributed by atoms with van der Waals surface area (Å²) >= 11 is 0. The summed E-state index contributed by atoms with van der Waals surface area (Å²) in [5.74, 6) is -2.26. The fourth-order valence-electron chi connectivity index (χ4n) is 3.10. The second-order valence-corrected chi connectivity index (χ2v) is 6.22. The molecule has 7 heteroatoms. The SMILES string of the molecule is Cc1nc2cc(F)ccc2cc1C(=O)NC(C(=O)O)C1CCCOC1. The number of aryl methyl sites for hydroxylation is 1. The summed E-state index contributed by atoms with van der Waals surface area (Å²) in [5, 5.41) is 12.7. The number of pyridine rings is 1. The average Bonchev–Trinajstić information content (AvgIpc) is 2.59. The van der Waals surface area contributed by atoms with Gasteiger partial charge in [0.25, 0.3) is 5.91 Å². The lowest BCUT2D eigenvalue weighted by atomic mass is 9.93. The van der Waals surface area contributed by atoms with Gasteiger partial charge in [-0.2, -0.15) is 0 Å². The van der Waals surface area contributed by atoms with Crippen LogP contribution in [0.4, 0.5) is 4.39 Å². The van der Waals surface area contributed by atoms with Gasteiger partial charge in [-0.25, -0.2) is 9.18 Å². The van der Waals surface area contributed by atoms with E-state index in [-0.39, 0.29) is 11.5 Å². The normalized spacial score (nSPS) is 18.7. The van der Waals surface area contributed by atoms with E-state index >= 15 is 0 Å². The van der Waals surface area contributed by atoms with Gasteiger partial charge in [0.2, 0.25) is 0 Å². The van der Waals surface area contributed by atoms with Gasteiger partial charge in [0.05, 0.1) is 23.4 Å². The molecule has 1 aliphatic rings. The molecule has 1 saturated heterocycles. The smallest absolute Gasteiger partial charge is 0.326 e. The molecule has 0 bridgehead atoms. The molecule has 1 aromatic carbocycles. The fourth-order valence-corrected chi connectivity index (χ4v) is 3.10. The minimum absolute atomic E-state index is 0.266. The Labute approximate surface area is 144 Å². The fraction of sp³-hybridized carbons (Fsp3) is 0.389. The van der Waals surface area contributed by atoms with Crippen molar-refractivity contribution in [2.45, 2.75) is 25.8 Å². The van der Waals surface area contributed by atoms with Crippen molar-refractivity contribution in [2.24, 2.45) is 5.92 Å². The Kier molecular flexibility index (Phi) is 4.94. The quantitative estimate of drug-likeness (QED) is 0.887. The van der Waals surface area contributed by atoms with Gasteiger partial charge in [-0.1, -0.05) is 0 Å². The molecule has 1 aromatic heterocycles. The van der Waals surface area contributed by atoms with Crippen molar-refractivity contribution < 1.29 is 23.8 Å². The van der Waals surface area contributed by atoms with Crippen LogP contribution >= 0.6 is 0 Å². The van der Waals surface area contributed by atoms with Crippen LogP contribution in [0.5, 0.6) is 0 Å². The number of aromatic nitrogens is 1. The van der Waals surface area contributed by atoms with Gasteiger partial charge in [0.15, 0.2) is 0 Å². The number of halogens is 1. The third-order valence-corrected chi connectivity index (χ3v) is 4.43. The zero-order valence-electron chi connectivity index (χ0n) is 13.8. The number of aliphatic carboxylic acids is 1. The van der Waals surface area contributed by atoms with Crippen LogP contribution in [0.1, 0.15) is 28.9 Å². The number of hydrogen-bond acceptors (Lipinski definition) is 4. The highest BCUT2D eigenvalue weighted by Gasteiger charge is 2.32. The Morgan fingerprint density at radius 3 is 2.88 bits per heavy atom. The molecule has 2 N–H and O–H groups in total.